The number of nitrogens with one attached hydrogen (secondary N) is 1. The van der Waals surface area contributed by atoms with Gasteiger partial charge >= 0.3 is 5.97 Å². The number of carbonyl (C=O) groups is 2. The Morgan fingerprint density at radius 2 is 2.10 bits per heavy atom. The lowest BCUT2D eigenvalue weighted by molar-refractivity contribution is -0.131. The molecule has 0 bridgehead atoms. The van der Waals surface area contributed by atoms with Gasteiger partial charge in [-0.3, -0.25) is 4.79 Å². The minimum Gasteiger partial charge on any atom is -0.484 e. The maximum atomic E-state index is 13.4. The molecule has 0 atom stereocenters. The molecule has 0 aliphatic carbocycles. The van der Waals surface area contributed by atoms with Crippen molar-refractivity contribution in [3.05, 3.63) is 35.7 Å². The lowest BCUT2D eigenvalue weighted by atomic mass is 10.2. The normalized spacial score (nSPS) is 10.9. The van der Waals surface area contributed by atoms with E-state index in [9.17, 15) is 14.0 Å². The van der Waals surface area contributed by atoms with Crippen LogP contribution in [-0.4, -0.2) is 30.1 Å². The molecule has 0 saturated carbocycles. The minimum atomic E-state index is -1.13. The van der Waals surface area contributed by atoms with Crippen LogP contribution in [0, 0.1) is 11.7 Å². The number of carboxylic acid groups (broad SMARTS) is 1. The van der Waals surface area contributed by atoms with Crippen LogP contribution >= 0.6 is 0 Å². The highest BCUT2D eigenvalue weighted by Crippen LogP contribution is 2.17. The molecule has 1 rings (SSSR count). The van der Waals surface area contributed by atoms with Crippen molar-refractivity contribution in [3.8, 4) is 5.75 Å². The van der Waals surface area contributed by atoms with Gasteiger partial charge in [0.15, 0.2) is 6.61 Å². The zero-order valence-electron chi connectivity index (χ0n) is 11.9. The summed E-state index contributed by atoms with van der Waals surface area (Å²) < 4.78 is 18.6. The summed E-state index contributed by atoms with van der Waals surface area (Å²) in [5.41, 5.74) is 0.343. The third-order valence-corrected chi connectivity index (χ3v) is 2.39. The highest BCUT2D eigenvalue weighted by Gasteiger charge is 2.05. The number of hydrogen-bond acceptors (Lipinski definition) is 3. The van der Waals surface area contributed by atoms with E-state index in [4.69, 9.17) is 9.84 Å². The molecule has 0 saturated heterocycles. The van der Waals surface area contributed by atoms with Crippen LogP contribution in [0.4, 0.5) is 4.39 Å². The van der Waals surface area contributed by atoms with Gasteiger partial charge in [-0.05, 0) is 29.7 Å². The van der Waals surface area contributed by atoms with Crippen LogP contribution < -0.4 is 10.1 Å². The molecule has 1 amide bonds. The van der Waals surface area contributed by atoms with Gasteiger partial charge in [0.2, 0.25) is 0 Å². The molecule has 0 fully saturated rings. The maximum absolute atomic E-state index is 13.4. The van der Waals surface area contributed by atoms with Crippen molar-refractivity contribution in [2.75, 3.05) is 13.2 Å². The van der Waals surface area contributed by atoms with E-state index in [2.05, 4.69) is 5.32 Å². The van der Waals surface area contributed by atoms with E-state index in [1.165, 1.54) is 18.2 Å². The Morgan fingerprint density at radius 3 is 2.71 bits per heavy atom. The number of halogens is 1. The fraction of sp³-hybridized carbons (Fsp3) is 0.333. The van der Waals surface area contributed by atoms with Crippen molar-refractivity contribution < 1.29 is 23.8 Å². The Morgan fingerprint density at radius 1 is 1.38 bits per heavy atom. The van der Waals surface area contributed by atoms with E-state index in [0.29, 0.717) is 18.0 Å². The second-order valence-corrected chi connectivity index (χ2v) is 4.88. The summed E-state index contributed by atoms with van der Waals surface area (Å²) in [6.45, 7) is 4.25. The SMILES string of the molecule is CC(C)CNC(=O)COc1cc(F)cc(/C=C/C(=O)O)c1. The predicted molar refractivity (Wildman–Crippen MR) is 76.4 cm³/mol. The summed E-state index contributed by atoms with van der Waals surface area (Å²) in [4.78, 5) is 21.9. The standard InChI is InChI=1S/C15H18FNO4/c1-10(2)8-17-14(18)9-21-13-6-11(3-4-15(19)20)5-12(16)7-13/h3-7,10H,8-9H2,1-2H3,(H,17,18)(H,19,20)/b4-3+. The molecule has 0 heterocycles. The highest BCUT2D eigenvalue weighted by molar-refractivity contribution is 5.85. The van der Waals surface area contributed by atoms with E-state index in [0.717, 1.165) is 12.1 Å². The molecule has 5 nitrogen and oxygen atoms in total. The van der Waals surface area contributed by atoms with Crippen LogP contribution in [0.1, 0.15) is 19.4 Å². The molecule has 2 N–H and O–H groups in total. The van der Waals surface area contributed by atoms with Crippen molar-refractivity contribution >= 4 is 18.0 Å². The fourth-order valence-corrected chi connectivity index (χ4v) is 1.45. The van der Waals surface area contributed by atoms with E-state index >= 15 is 0 Å². The molecule has 0 unspecified atom stereocenters. The van der Waals surface area contributed by atoms with Crippen LogP contribution in [0.25, 0.3) is 6.08 Å². The molecular weight excluding hydrogens is 277 g/mol. The fourth-order valence-electron chi connectivity index (χ4n) is 1.45. The van der Waals surface area contributed by atoms with Gasteiger partial charge in [-0.25, -0.2) is 9.18 Å². The monoisotopic (exact) mass is 295 g/mol. The lowest BCUT2D eigenvalue weighted by Gasteiger charge is -2.09. The predicted octanol–water partition coefficient (Wildman–Crippen LogP) is 2.07. The van der Waals surface area contributed by atoms with E-state index < -0.39 is 11.8 Å². The van der Waals surface area contributed by atoms with Crippen LogP contribution in [0.3, 0.4) is 0 Å². The Labute approximate surface area is 122 Å². The first-order valence-corrected chi connectivity index (χ1v) is 6.48. The second-order valence-electron chi connectivity index (χ2n) is 4.88. The summed E-state index contributed by atoms with van der Waals surface area (Å²) in [5.74, 6) is -1.50. The number of aliphatic carboxylic acids is 1. The number of amides is 1. The Kier molecular flexibility index (Phi) is 6.39. The molecule has 0 aliphatic rings. The molecule has 114 valence electrons. The van der Waals surface area contributed by atoms with Crippen LogP contribution in [0.15, 0.2) is 24.3 Å². The summed E-state index contributed by atoms with van der Waals surface area (Å²) in [5, 5.41) is 11.2. The van der Waals surface area contributed by atoms with Gasteiger partial charge in [0.05, 0.1) is 0 Å². The Balaban J connectivity index is 2.62. The number of ether oxygens (including phenoxy) is 1. The molecule has 6 heteroatoms. The van der Waals surface area contributed by atoms with Crippen molar-refractivity contribution in [2.24, 2.45) is 5.92 Å². The molecule has 0 spiro atoms. The van der Waals surface area contributed by atoms with E-state index in [1.54, 1.807) is 0 Å². The number of rotatable bonds is 7. The number of carboxylic acids is 1. The summed E-state index contributed by atoms with van der Waals surface area (Å²) >= 11 is 0. The maximum Gasteiger partial charge on any atom is 0.328 e. The third-order valence-electron chi connectivity index (χ3n) is 2.39. The van der Waals surface area contributed by atoms with Gasteiger partial charge in [0, 0.05) is 18.7 Å². The zero-order chi connectivity index (χ0) is 15.8. The molecule has 1 aromatic carbocycles. The second kappa shape index (κ2) is 8.04. The third kappa shape index (κ3) is 7.10. The molecular formula is C15H18FNO4. The molecule has 0 aromatic heterocycles. The van der Waals surface area contributed by atoms with E-state index in [1.807, 2.05) is 13.8 Å². The van der Waals surface area contributed by atoms with Gasteiger partial charge in [0.1, 0.15) is 11.6 Å². The number of benzene rings is 1. The Hall–Kier alpha value is -2.37. The lowest BCUT2D eigenvalue weighted by Crippen LogP contribution is -2.31. The summed E-state index contributed by atoms with van der Waals surface area (Å²) in [7, 11) is 0. The number of hydrogen-bond donors (Lipinski definition) is 2. The van der Waals surface area contributed by atoms with Crippen LogP contribution in [0.2, 0.25) is 0 Å². The van der Waals surface area contributed by atoms with Gasteiger partial charge in [-0.1, -0.05) is 13.8 Å². The smallest absolute Gasteiger partial charge is 0.328 e. The quantitative estimate of drug-likeness (QED) is 0.755. The molecule has 1 aromatic rings. The van der Waals surface area contributed by atoms with Crippen molar-refractivity contribution in [3.63, 3.8) is 0 Å². The molecule has 0 aliphatic heterocycles. The summed E-state index contributed by atoms with van der Waals surface area (Å²) in [6.07, 6.45) is 2.14. The average molecular weight is 295 g/mol. The largest absolute Gasteiger partial charge is 0.484 e. The highest BCUT2D eigenvalue weighted by atomic mass is 19.1. The first-order valence-electron chi connectivity index (χ1n) is 6.48. The zero-order valence-corrected chi connectivity index (χ0v) is 11.9. The first-order chi connectivity index (χ1) is 9.86. The van der Waals surface area contributed by atoms with Crippen molar-refractivity contribution in [2.45, 2.75) is 13.8 Å². The van der Waals surface area contributed by atoms with Gasteiger partial charge in [0.25, 0.3) is 5.91 Å². The van der Waals surface area contributed by atoms with Gasteiger partial charge in [-0.2, -0.15) is 0 Å². The molecule has 0 radical (unpaired) electrons. The van der Waals surface area contributed by atoms with E-state index in [-0.39, 0.29) is 18.3 Å². The molecule has 21 heavy (non-hydrogen) atoms. The minimum absolute atomic E-state index is 0.166. The Bertz CT molecular complexity index is 540. The first kappa shape index (κ1) is 16.7. The van der Waals surface area contributed by atoms with Crippen LogP contribution in [0.5, 0.6) is 5.75 Å². The number of carbonyl (C=O) groups excluding carboxylic acids is 1. The average Bonchev–Trinajstić information content (AvgIpc) is 2.40. The van der Waals surface area contributed by atoms with Gasteiger partial charge in [-0.15, -0.1) is 0 Å². The summed E-state index contributed by atoms with van der Waals surface area (Å²) in [6, 6.07) is 3.76. The van der Waals surface area contributed by atoms with Crippen LogP contribution in [-0.2, 0) is 9.59 Å². The van der Waals surface area contributed by atoms with Gasteiger partial charge < -0.3 is 15.2 Å². The van der Waals surface area contributed by atoms with Crippen molar-refractivity contribution in [1.29, 1.82) is 0 Å². The topological polar surface area (TPSA) is 75.6 Å². The van der Waals surface area contributed by atoms with Crippen molar-refractivity contribution in [1.82, 2.24) is 5.32 Å².